The second-order valence-corrected chi connectivity index (χ2v) is 9.35. The normalized spacial score (nSPS) is 12.4. The molecule has 30 heavy (non-hydrogen) atoms. The lowest BCUT2D eigenvalue weighted by Crippen LogP contribution is -2.20. The number of aromatic nitrogens is 2. The lowest BCUT2D eigenvalue weighted by atomic mass is 9.91. The molecular formula is C24H24IN3O2. The average molecular weight is 513 g/mol. The highest BCUT2D eigenvalue weighted by molar-refractivity contribution is 14.1. The maximum absolute atomic E-state index is 12.7. The number of amides is 1. The summed E-state index contributed by atoms with van der Waals surface area (Å²) in [5, 5.41) is 12.8. The smallest absolute Gasteiger partial charge is 0.229 e. The predicted molar refractivity (Wildman–Crippen MR) is 127 cm³/mol. The minimum Gasteiger partial charge on any atom is -0.508 e. The van der Waals surface area contributed by atoms with Crippen LogP contribution < -0.4 is 5.32 Å². The first-order chi connectivity index (χ1) is 14.4. The molecule has 0 aliphatic heterocycles. The zero-order valence-corrected chi connectivity index (χ0v) is 19.2. The first-order valence-corrected chi connectivity index (χ1v) is 11.2. The van der Waals surface area contributed by atoms with Gasteiger partial charge >= 0.3 is 0 Å². The van der Waals surface area contributed by atoms with Crippen molar-refractivity contribution in [3.05, 3.63) is 68.5 Å². The van der Waals surface area contributed by atoms with E-state index in [2.05, 4.69) is 41.8 Å². The summed E-state index contributed by atoms with van der Waals surface area (Å²) in [7, 11) is 0. The van der Waals surface area contributed by atoms with E-state index in [-0.39, 0.29) is 11.7 Å². The highest BCUT2D eigenvalue weighted by atomic mass is 127. The summed E-state index contributed by atoms with van der Waals surface area (Å²) in [4.78, 5) is 22.5. The Morgan fingerprint density at radius 3 is 2.63 bits per heavy atom. The number of aryl methyl sites for hydroxylation is 2. The fourth-order valence-electron chi connectivity index (χ4n) is 3.76. The van der Waals surface area contributed by atoms with Gasteiger partial charge in [-0.05, 0) is 89.2 Å². The summed E-state index contributed by atoms with van der Waals surface area (Å²) < 4.78 is 1.14. The molecule has 1 heterocycles. The molecule has 0 fully saturated rings. The number of benzene rings is 2. The van der Waals surface area contributed by atoms with Crippen LogP contribution in [-0.2, 0) is 30.5 Å². The minimum absolute atomic E-state index is 0.0865. The van der Waals surface area contributed by atoms with E-state index in [1.807, 2.05) is 30.3 Å². The van der Waals surface area contributed by atoms with Gasteiger partial charge in [0.05, 0.1) is 23.5 Å². The quantitative estimate of drug-likeness (QED) is 0.475. The van der Waals surface area contributed by atoms with Crippen molar-refractivity contribution < 1.29 is 9.90 Å². The lowest BCUT2D eigenvalue weighted by Gasteiger charge is -2.21. The standard InChI is InChI=1S/C24H24IN3O2/c1-14(2)11-21-24(28-22(30)12-15-3-6-17(25)7-4-15)27-20-10-5-16-13-18(29)8-9-19(16)23(20)26-21/h3-4,6-9,13-14,29H,5,10-12H2,1-2H3,(H,27,28,30). The van der Waals surface area contributed by atoms with Crippen molar-refractivity contribution >= 4 is 34.3 Å². The zero-order valence-electron chi connectivity index (χ0n) is 17.1. The number of anilines is 1. The number of phenols is 1. The van der Waals surface area contributed by atoms with Gasteiger partial charge in [0.1, 0.15) is 5.75 Å². The molecule has 1 amide bonds. The Morgan fingerprint density at radius 1 is 1.13 bits per heavy atom. The number of rotatable bonds is 5. The summed E-state index contributed by atoms with van der Waals surface area (Å²) in [5.41, 5.74) is 5.64. The molecule has 0 spiro atoms. The summed E-state index contributed by atoms with van der Waals surface area (Å²) in [5.74, 6) is 1.14. The van der Waals surface area contributed by atoms with Crippen LogP contribution in [0.5, 0.6) is 5.75 Å². The summed E-state index contributed by atoms with van der Waals surface area (Å²) in [6.07, 6.45) is 2.57. The Bertz CT molecular complexity index is 1090. The van der Waals surface area contributed by atoms with Crippen LogP contribution in [0.15, 0.2) is 42.5 Å². The SMILES string of the molecule is CC(C)Cc1nc2c(nc1NC(=O)Cc1ccc(I)cc1)CCc1cc(O)ccc1-2. The van der Waals surface area contributed by atoms with E-state index in [0.717, 1.165) is 56.6 Å². The number of carbonyl (C=O) groups excluding carboxylic acids is 1. The summed E-state index contributed by atoms with van der Waals surface area (Å²) in [6.45, 7) is 4.26. The van der Waals surface area contributed by atoms with Crippen LogP contribution in [0.2, 0.25) is 0 Å². The second-order valence-electron chi connectivity index (χ2n) is 8.11. The van der Waals surface area contributed by atoms with Crippen LogP contribution in [0, 0.1) is 9.49 Å². The first-order valence-electron chi connectivity index (χ1n) is 10.2. The molecule has 0 saturated heterocycles. The molecule has 154 valence electrons. The Morgan fingerprint density at radius 2 is 1.90 bits per heavy atom. The topological polar surface area (TPSA) is 75.1 Å². The minimum atomic E-state index is -0.0865. The van der Waals surface area contributed by atoms with Crippen LogP contribution in [0.4, 0.5) is 5.82 Å². The van der Waals surface area contributed by atoms with Gasteiger partial charge in [-0.15, -0.1) is 0 Å². The van der Waals surface area contributed by atoms with Crippen LogP contribution in [0.1, 0.15) is 36.4 Å². The van der Waals surface area contributed by atoms with E-state index in [4.69, 9.17) is 9.97 Å². The number of hydrogen-bond acceptors (Lipinski definition) is 4. The van der Waals surface area contributed by atoms with Gasteiger partial charge in [0.25, 0.3) is 0 Å². The fraction of sp³-hybridized carbons (Fsp3) is 0.292. The van der Waals surface area contributed by atoms with Gasteiger partial charge in [-0.25, -0.2) is 9.97 Å². The molecule has 0 radical (unpaired) electrons. The van der Waals surface area contributed by atoms with Crippen molar-refractivity contribution in [1.82, 2.24) is 9.97 Å². The fourth-order valence-corrected chi connectivity index (χ4v) is 4.12. The summed E-state index contributed by atoms with van der Waals surface area (Å²) in [6, 6.07) is 13.4. The van der Waals surface area contributed by atoms with Crippen molar-refractivity contribution in [2.75, 3.05) is 5.32 Å². The maximum Gasteiger partial charge on any atom is 0.229 e. The lowest BCUT2D eigenvalue weighted by molar-refractivity contribution is -0.115. The van der Waals surface area contributed by atoms with Gasteiger partial charge in [-0.3, -0.25) is 4.79 Å². The Labute approximate surface area is 190 Å². The molecule has 2 N–H and O–H groups in total. The van der Waals surface area contributed by atoms with Crippen molar-refractivity contribution in [2.24, 2.45) is 5.92 Å². The number of nitrogens with one attached hydrogen (secondary N) is 1. The van der Waals surface area contributed by atoms with E-state index in [9.17, 15) is 9.90 Å². The molecule has 1 aliphatic rings. The van der Waals surface area contributed by atoms with Crippen LogP contribution in [0.3, 0.4) is 0 Å². The maximum atomic E-state index is 12.7. The molecule has 0 unspecified atom stereocenters. The van der Waals surface area contributed by atoms with Gasteiger partial charge in [-0.2, -0.15) is 0 Å². The third-order valence-corrected chi connectivity index (χ3v) is 5.87. The van der Waals surface area contributed by atoms with Gasteiger partial charge in [0.2, 0.25) is 5.91 Å². The van der Waals surface area contributed by atoms with Crippen LogP contribution in [0.25, 0.3) is 11.3 Å². The predicted octanol–water partition coefficient (Wildman–Crippen LogP) is 4.93. The third-order valence-electron chi connectivity index (χ3n) is 5.15. The number of hydrogen-bond donors (Lipinski definition) is 2. The van der Waals surface area contributed by atoms with E-state index < -0.39 is 0 Å². The van der Waals surface area contributed by atoms with E-state index >= 15 is 0 Å². The Kier molecular flexibility index (Phi) is 6.04. The molecule has 0 bridgehead atoms. The molecule has 6 heteroatoms. The Balaban J connectivity index is 1.65. The average Bonchev–Trinajstić information content (AvgIpc) is 2.69. The van der Waals surface area contributed by atoms with E-state index in [1.54, 1.807) is 12.1 Å². The second kappa shape index (κ2) is 8.71. The van der Waals surface area contributed by atoms with E-state index in [0.29, 0.717) is 18.2 Å². The monoisotopic (exact) mass is 513 g/mol. The molecule has 3 aromatic rings. The number of nitrogens with zero attached hydrogens (tertiary/aromatic N) is 2. The summed E-state index contributed by atoms with van der Waals surface area (Å²) >= 11 is 2.25. The van der Waals surface area contributed by atoms with Crippen molar-refractivity contribution in [3.63, 3.8) is 0 Å². The molecule has 1 aromatic heterocycles. The van der Waals surface area contributed by atoms with Gasteiger partial charge in [0, 0.05) is 9.13 Å². The molecule has 5 nitrogen and oxygen atoms in total. The zero-order chi connectivity index (χ0) is 21.3. The van der Waals surface area contributed by atoms with Crippen LogP contribution >= 0.6 is 22.6 Å². The number of halogens is 1. The highest BCUT2D eigenvalue weighted by Gasteiger charge is 2.23. The van der Waals surface area contributed by atoms with Gasteiger partial charge in [-0.1, -0.05) is 26.0 Å². The number of aromatic hydroxyl groups is 1. The van der Waals surface area contributed by atoms with Crippen LogP contribution in [-0.4, -0.2) is 21.0 Å². The third kappa shape index (κ3) is 4.64. The van der Waals surface area contributed by atoms with Crippen molar-refractivity contribution in [3.8, 4) is 17.0 Å². The van der Waals surface area contributed by atoms with Gasteiger partial charge in [0.15, 0.2) is 5.82 Å². The largest absolute Gasteiger partial charge is 0.508 e. The van der Waals surface area contributed by atoms with E-state index in [1.165, 1.54) is 0 Å². The first kappa shape index (κ1) is 20.8. The van der Waals surface area contributed by atoms with Crippen molar-refractivity contribution in [2.45, 2.75) is 39.5 Å². The highest BCUT2D eigenvalue weighted by Crippen LogP contribution is 2.35. The molecule has 0 atom stereocenters. The number of fused-ring (bicyclic) bond motifs is 3. The van der Waals surface area contributed by atoms with Crippen molar-refractivity contribution in [1.29, 1.82) is 0 Å². The molecule has 1 aliphatic carbocycles. The number of carbonyl (C=O) groups is 1. The molecular weight excluding hydrogens is 489 g/mol. The molecule has 2 aromatic carbocycles. The van der Waals surface area contributed by atoms with Gasteiger partial charge < -0.3 is 10.4 Å². The molecule has 4 rings (SSSR count). The molecule has 0 saturated carbocycles. The Hall–Kier alpha value is -2.48. The number of phenolic OH excluding ortho intramolecular Hbond substituents is 1.